The minimum absolute atomic E-state index is 1.09. The summed E-state index contributed by atoms with van der Waals surface area (Å²) in [5, 5.41) is 0. The summed E-state index contributed by atoms with van der Waals surface area (Å²) >= 11 is -1.09. The fourth-order valence-corrected chi connectivity index (χ4v) is 14.5. The zero-order chi connectivity index (χ0) is 26.9. The predicted octanol–water partition coefficient (Wildman–Crippen LogP) is 14.2. The van der Waals surface area contributed by atoms with Crippen LogP contribution in [-0.4, -0.2) is 19.8 Å². The van der Waals surface area contributed by atoms with Crippen molar-refractivity contribution in [1.29, 1.82) is 0 Å². The zero-order valence-corrected chi connectivity index (χ0v) is 29.7. The van der Waals surface area contributed by atoms with Gasteiger partial charge in [0.1, 0.15) is 0 Å². The summed E-state index contributed by atoms with van der Waals surface area (Å²) in [5.41, 5.74) is 0. The maximum atomic E-state index is 2.32. The van der Waals surface area contributed by atoms with Gasteiger partial charge in [0.2, 0.25) is 0 Å². The topological polar surface area (TPSA) is 0 Å². The van der Waals surface area contributed by atoms with Gasteiger partial charge in [-0.15, -0.1) is 0 Å². The van der Waals surface area contributed by atoms with Gasteiger partial charge in [0, 0.05) is 0 Å². The summed E-state index contributed by atoms with van der Waals surface area (Å²) in [7, 11) is 0. The van der Waals surface area contributed by atoms with Crippen LogP contribution in [0.5, 0.6) is 0 Å². The molecular formula is C36H75Sn+. The van der Waals surface area contributed by atoms with Crippen LogP contribution in [0.25, 0.3) is 0 Å². The first-order valence-corrected chi connectivity index (χ1v) is 24.2. The summed E-state index contributed by atoms with van der Waals surface area (Å²) in [6.07, 6.45) is 45.0. The molecule has 0 aromatic rings. The van der Waals surface area contributed by atoms with Crippen molar-refractivity contribution in [3.8, 4) is 0 Å². The van der Waals surface area contributed by atoms with Crippen molar-refractivity contribution in [1.82, 2.24) is 0 Å². The molecule has 0 spiro atoms. The number of hydrogen-bond acceptors (Lipinski definition) is 0. The molecule has 0 heterocycles. The molecule has 0 nitrogen and oxygen atoms in total. The van der Waals surface area contributed by atoms with Crippen LogP contribution in [0.3, 0.4) is 0 Å². The zero-order valence-electron chi connectivity index (χ0n) is 26.8. The Morgan fingerprint density at radius 3 is 0.568 bits per heavy atom. The van der Waals surface area contributed by atoms with E-state index in [0.717, 1.165) is 0 Å². The van der Waals surface area contributed by atoms with Gasteiger partial charge < -0.3 is 0 Å². The molecule has 0 aliphatic rings. The van der Waals surface area contributed by atoms with Crippen LogP contribution in [0.15, 0.2) is 0 Å². The van der Waals surface area contributed by atoms with E-state index in [1.807, 2.05) is 0 Å². The third-order valence-electron chi connectivity index (χ3n) is 8.65. The van der Waals surface area contributed by atoms with Crippen molar-refractivity contribution in [2.24, 2.45) is 0 Å². The number of unbranched alkanes of at least 4 members (excludes halogenated alkanes) is 27. The van der Waals surface area contributed by atoms with E-state index in [2.05, 4.69) is 20.8 Å². The second-order valence-electron chi connectivity index (χ2n) is 12.5. The van der Waals surface area contributed by atoms with E-state index in [1.54, 1.807) is 51.8 Å². The van der Waals surface area contributed by atoms with Crippen molar-refractivity contribution in [2.45, 2.75) is 227 Å². The molecule has 0 atom stereocenters. The Balaban J connectivity index is 3.87. The molecule has 0 radical (unpaired) electrons. The molecule has 1 heteroatoms. The van der Waals surface area contributed by atoms with Gasteiger partial charge in [-0.25, -0.2) is 0 Å². The molecule has 222 valence electrons. The molecule has 0 aliphatic carbocycles. The van der Waals surface area contributed by atoms with Gasteiger partial charge in [-0.2, -0.15) is 0 Å². The Morgan fingerprint density at radius 1 is 0.216 bits per heavy atom. The quantitative estimate of drug-likeness (QED) is 0.0502. The maximum absolute atomic E-state index is 2.32. The van der Waals surface area contributed by atoms with Crippen LogP contribution in [0.2, 0.25) is 13.3 Å². The van der Waals surface area contributed by atoms with Gasteiger partial charge in [-0.3, -0.25) is 0 Å². The van der Waals surface area contributed by atoms with Gasteiger partial charge in [-0.1, -0.05) is 0 Å². The Morgan fingerprint density at radius 2 is 0.378 bits per heavy atom. The van der Waals surface area contributed by atoms with E-state index in [1.165, 1.54) is 154 Å². The molecule has 37 heavy (non-hydrogen) atoms. The molecule has 0 saturated carbocycles. The van der Waals surface area contributed by atoms with E-state index >= 15 is 0 Å². The molecule has 0 rings (SSSR count). The van der Waals surface area contributed by atoms with E-state index in [4.69, 9.17) is 0 Å². The molecular weight excluding hydrogens is 551 g/mol. The molecule has 0 bridgehead atoms. The second-order valence-corrected chi connectivity index (χ2v) is 21.1. The first kappa shape index (κ1) is 37.8. The Kier molecular flexibility index (Phi) is 35.6. The summed E-state index contributed by atoms with van der Waals surface area (Å²) in [4.78, 5) is 0. The Hall–Kier alpha value is 0.799. The van der Waals surface area contributed by atoms with Gasteiger partial charge in [0.15, 0.2) is 0 Å². The fraction of sp³-hybridized carbons (Fsp3) is 1.00. The monoisotopic (exact) mass is 627 g/mol. The van der Waals surface area contributed by atoms with Crippen LogP contribution in [0, 0.1) is 0 Å². The molecule has 0 aliphatic heterocycles. The molecule has 0 saturated heterocycles. The van der Waals surface area contributed by atoms with Crippen molar-refractivity contribution < 1.29 is 0 Å². The second kappa shape index (κ2) is 34.8. The number of hydrogen-bond donors (Lipinski definition) is 0. The van der Waals surface area contributed by atoms with Crippen molar-refractivity contribution >= 4 is 19.8 Å². The van der Waals surface area contributed by atoms with E-state index in [-0.39, 0.29) is 0 Å². The summed E-state index contributed by atoms with van der Waals surface area (Å²) < 4.78 is 5.19. The van der Waals surface area contributed by atoms with Gasteiger partial charge in [0.05, 0.1) is 0 Å². The van der Waals surface area contributed by atoms with Crippen LogP contribution < -0.4 is 0 Å². The standard InChI is InChI=1S/3C12H25.Sn/c3*1-3-5-7-9-11-12-10-8-6-4-2;/h3*1,3-12H2,2H3;/q;;;+1. The Bertz CT molecular complexity index is 322. The third kappa shape index (κ3) is 32.9. The van der Waals surface area contributed by atoms with Gasteiger partial charge in [-0.05, 0) is 0 Å². The van der Waals surface area contributed by atoms with E-state index < -0.39 is 19.8 Å². The average Bonchev–Trinajstić information content (AvgIpc) is 2.91. The third-order valence-corrected chi connectivity index (χ3v) is 17.7. The molecule has 0 fully saturated rings. The van der Waals surface area contributed by atoms with E-state index in [0.29, 0.717) is 0 Å². The normalized spacial score (nSPS) is 11.4. The predicted molar refractivity (Wildman–Crippen MR) is 176 cm³/mol. The fourth-order valence-electron chi connectivity index (χ4n) is 5.96. The number of rotatable bonds is 33. The van der Waals surface area contributed by atoms with Crippen molar-refractivity contribution in [3.63, 3.8) is 0 Å². The van der Waals surface area contributed by atoms with E-state index in [9.17, 15) is 0 Å². The molecule has 0 amide bonds. The Labute approximate surface area is 245 Å². The van der Waals surface area contributed by atoms with Gasteiger partial charge >= 0.3 is 246 Å². The van der Waals surface area contributed by atoms with Crippen LogP contribution in [0.1, 0.15) is 213 Å². The minimum atomic E-state index is -1.09. The summed E-state index contributed by atoms with van der Waals surface area (Å²) in [6.45, 7) is 6.97. The van der Waals surface area contributed by atoms with Crippen molar-refractivity contribution in [2.75, 3.05) is 0 Å². The molecule has 0 aromatic carbocycles. The molecule has 0 unspecified atom stereocenters. The van der Waals surface area contributed by atoms with Gasteiger partial charge in [0.25, 0.3) is 0 Å². The van der Waals surface area contributed by atoms with Crippen LogP contribution in [0.4, 0.5) is 0 Å². The summed E-state index contributed by atoms with van der Waals surface area (Å²) in [5.74, 6) is 0. The average molecular weight is 627 g/mol. The van der Waals surface area contributed by atoms with Crippen LogP contribution >= 0.6 is 0 Å². The van der Waals surface area contributed by atoms with Crippen molar-refractivity contribution in [3.05, 3.63) is 0 Å². The first-order chi connectivity index (χ1) is 18.3. The molecule has 0 aromatic heterocycles. The summed E-state index contributed by atoms with van der Waals surface area (Å²) in [6, 6.07) is 0. The molecule has 0 N–H and O–H groups in total. The SMILES string of the molecule is CCCCCCCCCCC[CH2][Sn+]([CH2]CCCCCCCCCCC)[CH2]CCCCCCCCCCC. The van der Waals surface area contributed by atoms with Crippen LogP contribution in [-0.2, 0) is 0 Å². The first-order valence-electron chi connectivity index (χ1n) is 18.2.